The van der Waals surface area contributed by atoms with E-state index in [1.807, 2.05) is 0 Å². The fraction of sp³-hybridized carbons (Fsp3) is 0.290. The third kappa shape index (κ3) is 2.61. The van der Waals surface area contributed by atoms with Gasteiger partial charge in [0, 0.05) is 10.8 Å². The molecular formula is C31H30. The van der Waals surface area contributed by atoms with Gasteiger partial charge >= 0.3 is 0 Å². The topological polar surface area (TPSA) is 0 Å². The Labute approximate surface area is 186 Å². The van der Waals surface area contributed by atoms with Crippen LogP contribution in [0.25, 0.3) is 16.7 Å². The normalized spacial score (nSPS) is 19.1. The van der Waals surface area contributed by atoms with Crippen molar-refractivity contribution < 1.29 is 0 Å². The molecule has 0 atom stereocenters. The van der Waals surface area contributed by atoms with Crippen LogP contribution in [0.2, 0.25) is 0 Å². The first kappa shape index (κ1) is 18.9. The summed E-state index contributed by atoms with van der Waals surface area (Å²) in [7, 11) is 0. The summed E-state index contributed by atoms with van der Waals surface area (Å²) in [5, 5.41) is 0. The monoisotopic (exact) mass is 402 g/mol. The van der Waals surface area contributed by atoms with E-state index in [2.05, 4.69) is 101 Å². The zero-order valence-electron chi connectivity index (χ0n) is 19.0. The van der Waals surface area contributed by atoms with Crippen molar-refractivity contribution in [2.75, 3.05) is 0 Å². The van der Waals surface area contributed by atoms with E-state index in [0.717, 1.165) is 6.42 Å². The van der Waals surface area contributed by atoms with Gasteiger partial charge in [-0.1, -0.05) is 101 Å². The van der Waals surface area contributed by atoms with Crippen molar-refractivity contribution in [3.8, 4) is 11.1 Å². The molecule has 0 saturated carbocycles. The van der Waals surface area contributed by atoms with E-state index in [1.54, 1.807) is 5.57 Å². The molecule has 0 heteroatoms. The van der Waals surface area contributed by atoms with Crippen molar-refractivity contribution in [1.82, 2.24) is 0 Å². The molecule has 0 aromatic heterocycles. The van der Waals surface area contributed by atoms with Crippen molar-refractivity contribution in [3.05, 3.63) is 112 Å². The molecule has 3 aliphatic rings. The molecule has 0 bridgehead atoms. The molecule has 0 fully saturated rings. The van der Waals surface area contributed by atoms with Crippen molar-refractivity contribution in [2.24, 2.45) is 0 Å². The summed E-state index contributed by atoms with van der Waals surface area (Å²) in [6, 6.07) is 23.3. The molecule has 3 aliphatic carbocycles. The number of benzene rings is 3. The predicted molar refractivity (Wildman–Crippen MR) is 132 cm³/mol. The first-order valence-electron chi connectivity index (χ1n) is 11.6. The molecule has 0 heterocycles. The second kappa shape index (κ2) is 6.33. The molecule has 0 radical (unpaired) electrons. The third-order valence-electron chi connectivity index (χ3n) is 7.98. The van der Waals surface area contributed by atoms with Crippen molar-refractivity contribution in [2.45, 2.75) is 57.8 Å². The van der Waals surface area contributed by atoms with Crippen LogP contribution in [0.5, 0.6) is 0 Å². The number of rotatable bonds is 2. The van der Waals surface area contributed by atoms with Gasteiger partial charge in [-0.25, -0.2) is 0 Å². The lowest BCUT2D eigenvalue weighted by Gasteiger charge is -2.24. The van der Waals surface area contributed by atoms with Gasteiger partial charge in [-0.05, 0) is 74.9 Å². The Morgan fingerprint density at radius 3 is 2.10 bits per heavy atom. The van der Waals surface area contributed by atoms with Gasteiger partial charge in [0.15, 0.2) is 0 Å². The Kier molecular flexibility index (Phi) is 3.85. The molecule has 3 aromatic carbocycles. The number of hydrogen-bond donors (Lipinski definition) is 0. The van der Waals surface area contributed by atoms with Crippen molar-refractivity contribution in [3.63, 3.8) is 0 Å². The van der Waals surface area contributed by atoms with Crippen LogP contribution in [0.3, 0.4) is 0 Å². The van der Waals surface area contributed by atoms with E-state index in [1.165, 1.54) is 62.9 Å². The summed E-state index contributed by atoms with van der Waals surface area (Å²) in [6.45, 7) is 9.51. The predicted octanol–water partition coefficient (Wildman–Crippen LogP) is 7.98. The minimum absolute atomic E-state index is 0.0666. The Hall–Kier alpha value is -2.86. The standard InChI is InChI=1S/C31H30/c1-30(2)26-11-7-5-9-22(26)24-15-13-20(18-28(24)30)17-21-14-16-25-23-10-6-8-12-27(23)31(3,4)29(25)19-21/h5,7-9,11-16,18-19H,6,10,17H2,1-4H3. The van der Waals surface area contributed by atoms with Crippen LogP contribution in [0.1, 0.15) is 73.9 Å². The Balaban J connectivity index is 1.37. The van der Waals surface area contributed by atoms with E-state index < -0.39 is 0 Å². The van der Waals surface area contributed by atoms with E-state index in [-0.39, 0.29) is 10.8 Å². The van der Waals surface area contributed by atoms with E-state index in [4.69, 9.17) is 0 Å². The second-order valence-corrected chi connectivity index (χ2v) is 10.6. The van der Waals surface area contributed by atoms with Crippen LogP contribution < -0.4 is 0 Å². The highest BCUT2D eigenvalue weighted by Crippen LogP contribution is 2.51. The summed E-state index contributed by atoms with van der Waals surface area (Å²) in [4.78, 5) is 0. The summed E-state index contributed by atoms with van der Waals surface area (Å²) in [5.74, 6) is 0. The van der Waals surface area contributed by atoms with Gasteiger partial charge in [0.2, 0.25) is 0 Å². The summed E-state index contributed by atoms with van der Waals surface area (Å²) in [5.41, 5.74) is 14.8. The Morgan fingerprint density at radius 2 is 1.32 bits per heavy atom. The van der Waals surface area contributed by atoms with Crippen LogP contribution >= 0.6 is 0 Å². The van der Waals surface area contributed by atoms with Gasteiger partial charge in [0.25, 0.3) is 0 Å². The smallest absolute Gasteiger partial charge is 0.0158 e. The van der Waals surface area contributed by atoms with E-state index in [0.29, 0.717) is 0 Å². The summed E-state index contributed by atoms with van der Waals surface area (Å²) in [6.07, 6.45) is 8.06. The zero-order chi connectivity index (χ0) is 21.4. The van der Waals surface area contributed by atoms with Gasteiger partial charge in [-0.15, -0.1) is 0 Å². The molecule has 6 rings (SSSR count). The molecule has 3 aromatic rings. The maximum absolute atomic E-state index is 2.48. The highest BCUT2D eigenvalue weighted by molar-refractivity contribution is 5.83. The fourth-order valence-electron chi connectivity index (χ4n) is 6.25. The average Bonchev–Trinajstić information content (AvgIpc) is 3.14. The largest absolute Gasteiger partial charge is 0.0839 e. The lowest BCUT2D eigenvalue weighted by molar-refractivity contribution is 0.650. The molecule has 0 saturated heterocycles. The first-order chi connectivity index (χ1) is 14.9. The van der Waals surface area contributed by atoms with Gasteiger partial charge in [0.05, 0.1) is 0 Å². The average molecular weight is 403 g/mol. The molecule has 0 unspecified atom stereocenters. The molecule has 0 amide bonds. The first-order valence-corrected chi connectivity index (χ1v) is 11.6. The molecular weight excluding hydrogens is 372 g/mol. The molecule has 154 valence electrons. The highest BCUT2D eigenvalue weighted by atomic mass is 14.4. The van der Waals surface area contributed by atoms with Crippen molar-refractivity contribution in [1.29, 1.82) is 0 Å². The maximum atomic E-state index is 2.48. The quantitative estimate of drug-likeness (QED) is 0.407. The fourth-order valence-corrected chi connectivity index (χ4v) is 6.25. The molecule has 0 aliphatic heterocycles. The van der Waals surface area contributed by atoms with Crippen LogP contribution in [-0.2, 0) is 17.3 Å². The van der Waals surface area contributed by atoms with Crippen molar-refractivity contribution >= 4 is 5.57 Å². The van der Waals surface area contributed by atoms with Gasteiger partial charge in [-0.2, -0.15) is 0 Å². The zero-order valence-corrected chi connectivity index (χ0v) is 19.0. The molecule has 31 heavy (non-hydrogen) atoms. The van der Waals surface area contributed by atoms with Crippen LogP contribution in [0.4, 0.5) is 0 Å². The minimum Gasteiger partial charge on any atom is -0.0839 e. The second-order valence-electron chi connectivity index (χ2n) is 10.6. The summed E-state index contributed by atoms with van der Waals surface area (Å²) >= 11 is 0. The summed E-state index contributed by atoms with van der Waals surface area (Å²) < 4.78 is 0. The highest BCUT2D eigenvalue weighted by Gasteiger charge is 2.37. The number of fused-ring (bicyclic) bond motifs is 5. The van der Waals surface area contributed by atoms with E-state index >= 15 is 0 Å². The van der Waals surface area contributed by atoms with Gasteiger partial charge in [-0.3, -0.25) is 0 Å². The SMILES string of the molecule is CC1(C)C2=C(CCC=C2)c2ccc(Cc3ccc4c(c3)C(C)(C)c3ccccc3-4)cc21. The van der Waals surface area contributed by atoms with Crippen LogP contribution in [-0.4, -0.2) is 0 Å². The molecule has 0 nitrogen and oxygen atoms in total. The number of hydrogen-bond acceptors (Lipinski definition) is 0. The molecule has 0 spiro atoms. The lowest BCUT2D eigenvalue weighted by Crippen LogP contribution is -2.17. The Bertz CT molecular complexity index is 1290. The number of allylic oxidation sites excluding steroid dienone is 4. The Morgan fingerprint density at radius 1 is 0.677 bits per heavy atom. The van der Waals surface area contributed by atoms with Gasteiger partial charge < -0.3 is 0 Å². The van der Waals surface area contributed by atoms with Crippen LogP contribution in [0, 0.1) is 0 Å². The third-order valence-corrected chi connectivity index (χ3v) is 7.98. The van der Waals surface area contributed by atoms with Gasteiger partial charge in [0.1, 0.15) is 0 Å². The van der Waals surface area contributed by atoms with E-state index in [9.17, 15) is 0 Å². The molecule has 0 N–H and O–H groups in total. The minimum atomic E-state index is 0.0666. The maximum Gasteiger partial charge on any atom is 0.0158 e. The lowest BCUT2D eigenvalue weighted by atomic mass is 9.79. The van der Waals surface area contributed by atoms with Crippen LogP contribution in [0.15, 0.2) is 78.4 Å².